The Morgan fingerprint density at radius 2 is 1.36 bits per heavy atom. The van der Waals surface area contributed by atoms with E-state index in [4.69, 9.17) is 0 Å². The summed E-state index contributed by atoms with van der Waals surface area (Å²) < 4.78 is 0. The molecule has 0 aromatic heterocycles. The van der Waals surface area contributed by atoms with Crippen molar-refractivity contribution in [1.29, 1.82) is 0 Å². The zero-order chi connectivity index (χ0) is 17.1. The van der Waals surface area contributed by atoms with Gasteiger partial charge in [0.05, 0.1) is 6.54 Å². The molecule has 25 heavy (non-hydrogen) atoms. The fourth-order valence-corrected chi connectivity index (χ4v) is 3.68. The summed E-state index contributed by atoms with van der Waals surface area (Å²) in [7, 11) is 0. The summed E-state index contributed by atoms with van der Waals surface area (Å²) in [5, 5.41) is 23.2. The molecule has 0 bridgehead atoms. The van der Waals surface area contributed by atoms with Crippen molar-refractivity contribution in [3.63, 3.8) is 0 Å². The van der Waals surface area contributed by atoms with E-state index < -0.39 is 0 Å². The van der Waals surface area contributed by atoms with Crippen LogP contribution in [0.15, 0.2) is 58.8 Å². The topological polar surface area (TPSA) is 48.2 Å². The van der Waals surface area contributed by atoms with Crippen molar-refractivity contribution >= 4 is 27.2 Å². The van der Waals surface area contributed by atoms with Crippen molar-refractivity contribution in [3.8, 4) is 5.75 Å². The molecule has 0 spiro atoms. The van der Waals surface area contributed by atoms with Gasteiger partial charge in [0.1, 0.15) is 11.4 Å². The van der Waals surface area contributed by atoms with Gasteiger partial charge in [-0.05, 0) is 25.9 Å². The quantitative estimate of drug-likeness (QED) is 0.522. The summed E-state index contributed by atoms with van der Waals surface area (Å²) in [6.07, 6.45) is 3.94. The number of phenols is 1. The van der Waals surface area contributed by atoms with Gasteiger partial charge in [-0.1, -0.05) is 55.0 Å². The number of benzene rings is 3. The summed E-state index contributed by atoms with van der Waals surface area (Å²) in [5.74, 6) is 0.318. The number of hydrogen-bond donors (Lipinski definition) is 1. The molecule has 1 N–H and O–H groups in total. The second kappa shape index (κ2) is 7.19. The van der Waals surface area contributed by atoms with Crippen molar-refractivity contribution in [2.75, 3.05) is 26.2 Å². The third-order valence-electron chi connectivity index (χ3n) is 5.01. The maximum Gasteiger partial charge on any atom is 0.131 e. The van der Waals surface area contributed by atoms with E-state index in [1.54, 1.807) is 0 Å². The number of fused-ring (bicyclic) bond motifs is 2. The Morgan fingerprint density at radius 1 is 0.800 bits per heavy atom. The summed E-state index contributed by atoms with van der Waals surface area (Å²) >= 11 is 0. The Hall–Kier alpha value is -2.46. The maximum atomic E-state index is 10.6. The van der Waals surface area contributed by atoms with Crippen LogP contribution in [0.1, 0.15) is 19.3 Å². The lowest BCUT2D eigenvalue weighted by atomic mass is 10.00. The van der Waals surface area contributed by atoms with Crippen molar-refractivity contribution < 1.29 is 5.11 Å². The number of hydrogen-bond acceptors (Lipinski definition) is 4. The third-order valence-corrected chi connectivity index (χ3v) is 5.01. The van der Waals surface area contributed by atoms with Gasteiger partial charge in [-0.2, -0.15) is 10.2 Å². The normalized spacial score (nSPS) is 16.2. The SMILES string of the molecule is Oc1c2ccccc2c(N=NCCN2CCCCC2)c2ccccc12. The molecular formula is C21H23N3O. The van der Waals surface area contributed by atoms with Gasteiger partial charge in [-0.25, -0.2) is 0 Å². The monoisotopic (exact) mass is 333 g/mol. The molecule has 0 saturated carbocycles. The molecule has 4 nitrogen and oxygen atoms in total. The molecule has 1 aliphatic heterocycles. The Labute approximate surface area is 147 Å². The van der Waals surface area contributed by atoms with Crippen molar-refractivity contribution in [1.82, 2.24) is 4.90 Å². The number of aromatic hydroxyl groups is 1. The second-order valence-electron chi connectivity index (χ2n) is 6.66. The van der Waals surface area contributed by atoms with Gasteiger partial charge in [-0.15, -0.1) is 0 Å². The number of nitrogens with zero attached hydrogens (tertiary/aromatic N) is 3. The molecule has 4 rings (SSSR count). The van der Waals surface area contributed by atoms with Crippen LogP contribution in [0.4, 0.5) is 5.69 Å². The number of piperidine rings is 1. The zero-order valence-corrected chi connectivity index (χ0v) is 14.4. The minimum atomic E-state index is 0.318. The summed E-state index contributed by atoms with van der Waals surface area (Å²) in [4.78, 5) is 2.47. The highest BCUT2D eigenvalue weighted by Crippen LogP contribution is 2.41. The molecule has 3 aromatic rings. The Morgan fingerprint density at radius 3 is 1.96 bits per heavy atom. The van der Waals surface area contributed by atoms with Crippen LogP contribution < -0.4 is 0 Å². The first-order chi connectivity index (χ1) is 12.3. The van der Waals surface area contributed by atoms with Crippen molar-refractivity contribution in [3.05, 3.63) is 48.5 Å². The van der Waals surface area contributed by atoms with E-state index in [1.165, 1.54) is 32.4 Å². The second-order valence-corrected chi connectivity index (χ2v) is 6.66. The molecule has 1 heterocycles. The predicted molar refractivity (Wildman–Crippen MR) is 103 cm³/mol. The van der Waals surface area contributed by atoms with Crippen LogP contribution in [0.2, 0.25) is 0 Å². The van der Waals surface area contributed by atoms with E-state index in [9.17, 15) is 5.11 Å². The Balaban J connectivity index is 1.67. The highest BCUT2D eigenvalue weighted by atomic mass is 16.3. The van der Waals surface area contributed by atoms with Gasteiger partial charge >= 0.3 is 0 Å². The molecule has 0 amide bonds. The molecule has 1 aliphatic rings. The van der Waals surface area contributed by atoms with Crippen LogP contribution in [-0.4, -0.2) is 36.2 Å². The molecule has 128 valence electrons. The standard InChI is InChI=1S/C21H23N3O/c25-21-18-10-4-2-8-16(18)20(17-9-3-5-11-19(17)21)23-22-12-15-24-13-6-1-7-14-24/h2-5,8-11,25H,1,6-7,12-15H2. The molecule has 4 heteroatoms. The number of phenolic OH excluding ortho intramolecular Hbond substituents is 1. The van der Waals surface area contributed by atoms with E-state index in [0.717, 1.165) is 33.8 Å². The Bertz CT molecular complexity index is 857. The molecule has 0 aliphatic carbocycles. The van der Waals surface area contributed by atoms with E-state index in [1.807, 2.05) is 48.5 Å². The van der Waals surface area contributed by atoms with Crippen LogP contribution in [0, 0.1) is 0 Å². The average Bonchev–Trinajstić information content (AvgIpc) is 2.68. The average molecular weight is 333 g/mol. The lowest BCUT2D eigenvalue weighted by molar-refractivity contribution is 0.234. The molecule has 1 fully saturated rings. The predicted octanol–water partition coefficient (Wildman–Crippen LogP) is 5.27. The van der Waals surface area contributed by atoms with Gasteiger partial charge in [0.15, 0.2) is 0 Å². The lowest BCUT2D eigenvalue weighted by Crippen LogP contribution is -2.31. The highest BCUT2D eigenvalue weighted by molar-refractivity contribution is 6.14. The lowest BCUT2D eigenvalue weighted by Gasteiger charge is -2.25. The van der Waals surface area contributed by atoms with Gasteiger partial charge in [0.2, 0.25) is 0 Å². The van der Waals surface area contributed by atoms with E-state index >= 15 is 0 Å². The van der Waals surface area contributed by atoms with Crippen LogP contribution in [0.25, 0.3) is 21.5 Å². The van der Waals surface area contributed by atoms with Gasteiger partial charge in [0, 0.05) is 28.1 Å². The Kier molecular flexibility index (Phi) is 4.61. The minimum Gasteiger partial charge on any atom is -0.507 e. The minimum absolute atomic E-state index is 0.318. The van der Waals surface area contributed by atoms with Crippen LogP contribution >= 0.6 is 0 Å². The van der Waals surface area contributed by atoms with E-state index in [-0.39, 0.29) is 0 Å². The molecule has 0 unspecified atom stereocenters. The van der Waals surface area contributed by atoms with Crippen LogP contribution in [0.5, 0.6) is 5.75 Å². The number of azo groups is 1. The van der Waals surface area contributed by atoms with E-state index in [0.29, 0.717) is 12.3 Å². The summed E-state index contributed by atoms with van der Waals surface area (Å²) in [6.45, 7) is 4.04. The van der Waals surface area contributed by atoms with Crippen LogP contribution in [-0.2, 0) is 0 Å². The van der Waals surface area contributed by atoms with Crippen molar-refractivity contribution in [2.45, 2.75) is 19.3 Å². The number of likely N-dealkylation sites (tertiary alicyclic amines) is 1. The molecule has 0 atom stereocenters. The zero-order valence-electron chi connectivity index (χ0n) is 14.4. The third kappa shape index (κ3) is 3.22. The van der Waals surface area contributed by atoms with E-state index in [2.05, 4.69) is 15.1 Å². The maximum absolute atomic E-state index is 10.6. The van der Waals surface area contributed by atoms with Crippen LogP contribution in [0.3, 0.4) is 0 Å². The first kappa shape index (κ1) is 16.0. The first-order valence-electron chi connectivity index (χ1n) is 9.07. The van der Waals surface area contributed by atoms with Crippen molar-refractivity contribution in [2.24, 2.45) is 10.2 Å². The first-order valence-corrected chi connectivity index (χ1v) is 9.07. The molecule has 0 radical (unpaired) electrons. The smallest absolute Gasteiger partial charge is 0.131 e. The largest absolute Gasteiger partial charge is 0.507 e. The summed E-state index contributed by atoms with van der Waals surface area (Å²) in [6, 6.07) is 15.7. The van der Waals surface area contributed by atoms with Gasteiger partial charge < -0.3 is 10.0 Å². The highest BCUT2D eigenvalue weighted by Gasteiger charge is 2.12. The summed E-state index contributed by atoms with van der Waals surface area (Å²) in [5.41, 5.74) is 0.850. The van der Waals surface area contributed by atoms with Gasteiger partial charge in [-0.3, -0.25) is 0 Å². The molecular weight excluding hydrogens is 310 g/mol. The fraction of sp³-hybridized carbons (Fsp3) is 0.333. The molecule has 3 aromatic carbocycles. The number of rotatable bonds is 4. The fourth-order valence-electron chi connectivity index (χ4n) is 3.68. The van der Waals surface area contributed by atoms with Gasteiger partial charge in [0.25, 0.3) is 0 Å². The molecule has 1 saturated heterocycles.